The average molecular weight is 381 g/mol. The number of amides is 1. The number of carbonyl (C=O) groups is 1. The van der Waals surface area contributed by atoms with Crippen molar-refractivity contribution in [2.75, 3.05) is 6.54 Å². The Morgan fingerprint density at radius 3 is 2.40 bits per heavy atom. The van der Waals surface area contributed by atoms with Crippen molar-refractivity contribution in [1.82, 2.24) is 5.32 Å². The molecule has 0 atom stereocenters. The molecule has 0 saturated carbocycles. The highest BCUT2D eigenvalue weighted by Gasteiger charge is 2.05. The van der Waals surface area contributed by atoms with E-state index in [1.54, 1.807) is 18.2 Å². The zero-order valence-electron chi connectivity index (χ0n) is 10.6. The maximum atomic E-state index is 11.9. The molecular formula is C15H14INO3. The van der Waals surface area contributed by atoms with E-state index < -0.39 is 0 Å². The van der Waals surface area contributed by atoms with Gasteiger partial charge in [0, 0.05) is 15.7 Å². The van der Waals surface area contributed by atoms with Crippen molar-refractivity contribution >= 4 is 28.5 Å². The Morgan fingerprint density at radius 1 is 1.05 bits per heavy atom. The summed E-state index contributed by atoms with van der Waals surface area (Å²) in [6.07, 6.45) is 0.587. The largest absolute Gasteiger partial charge is 0.504 e. The lowest BCUT2D eigenvalue weighted by molar-refractivity contribution is 0.0954. The lowest BCUT2D eigenvalue weighted by atomic mass is 10.1. The molecule has 0 saturated heterocycles. The lowest BCUT2D eigenvalue weighted by Crippen LogP contribution is -2.25. The van der Waals surface area contributed by atoms with Gasteiger partial charge < -0.3 is 15.5 Å². The third-order valence-corrected chi connectivity index (χ3v) is 3.56. The van der Waals surface area contributed by atoms with Crippen LogP contribution in [0, 0.1) is 3.57 Å². The molecule has 0 radical (unpaired) electrons. The van der Waals surface area contributed by atoms with Crippen LogP contribution in [0.25, 0.3) is 0 Å². The van der Waals surface area contributed by atoms with Gasteiger partial charge in [-0.15, -0.1) is 0 Å². The van der Waals surface area contributed by atoms with Crippen LogP contribution in [0.1, 0.15) is 15.9 Å². The molecule has 104 valence electrons. The number of hydrogen-bond donors (Lipinski definition) is 3. The van der Waals surface area contributed by atoms with Crippen molar-refractivity contribution in [3.63, 3.8) is 0 Å². The quantitative estimate of drug-likeness (QED) is 0.564. The summed E-state index contributed by atoms with van der Waals surface area (Å²) < 4.78 is 1.08. The molecule has 0 aliphatic carbocycles. The predicted molar refractivity (Wildman–Crippen MR) is 85.0 cm³/mol. The molecule has 4 nitrogen and oxygen atoms in total. The molecule has 20 heavy (non-hydrogen) atoms. The highest BCUT2D eigenvalue weighted by molar-refractivity contribution is 14.1. The third kappa shape index (κ3) is 3.86. The van der Waals surface area contributed by atoms with Crippen LogP contribution in [0.4, 0.5) is 0 Å². The average Bonchev–Trinajstić information content (AvgIpc) is 2.43. The number of hydrogen-bond acceptors (Lipinski definition) is 3. The number of carbonyl (C=O) groups excluding carboxylic acids is 1. The number of rotatable bonds is 4. The summed E-state index contributed by atoms with van der Waals surface area (Å²) in [5.41, 5.74) is 1.47. The molecule has 0 unspecified atom stereocenters. The molecule has 2 aromatic carbocycles. The van der Waals surface area contributed by atoms with Crippen molar-refractivity contribution in [3.8, 4) is 11.5 Å². The molecule has 0 aliphatic rings. The zero-order valence-corrected chi connectivity index (χ0v) is 12.8. The highest BCUT2D eigenvalue weighted by Crippen LogP contribution is 2.24. The van der Waals surface area contributed by atoms with Crippen LogP contribution in [0.15, 0.2) is 42.5 Å². The molecule has 2 rings (SSSR count). The fourth-order valence-electron chi connectivity index (χ4n) is 1.75. The van der Waals surface area contributed by atoms with E-state index in [0.717, 1.165) is 9.13 Å². The summed E-state index contributed by atoms with van der Waals surface area (Å²) in [6, 6.07) is 12.0. The standard InChI is InChI=1S/C15H14INO3/c16-12-4-2-11(3-5-12)15(20)17-8-7-10-1-6-13(18)14(19)9-10/h1-6,9,18-19H,7-8H2,(H,17,20)/i16-2. The van der Waals surface area contributed by atoms with Gasteiger partial charge in [-0.3, -0.25) is 4.79 Å². The fourth-order valence-corrected chi connectivity index (χ4v) is 2.11. The molecule has 2 aromatic rings. The topological polar surface area (TPSA) is 69.6 Å². The van der Waals surface area contributed by atoms with Crippen LogP contribution in [0.3, 0.4) is 0 Å². The van der Waals surface area contributed by atoms with Crippen LogP contribution in [0.5, 0.6) is 11.5 Å². The smallest absolute Gasteiger partial charge is 0.251 e. The zero-order chi connectivity index (χ0) is 14.5. The van der Waals surface area contributed by atoms with E-state index >= 15 is 0 Å². The SMILES string of the molecule is O=C(NCCc1ccc(O)c(O)c1)c1ccc([125I])cc1. The molecule has 0 aliphatic heterocycles. The predicted octanol–water partition coefficient (Wildman–Crippen LogP) is 2.67. The van der Waals surface area contributed by atoms with E-state index in [2.05, 4.69) is 27.9 Å². The van der Waals surface area contributed by atoms with Crippen LogP contribution >= 0.6 is 22.6 Å². The number of benzene rings is 2. The van der Waals surface area contributed by atoms with Crippen molar-refractivity contribution in [3.05, 3.63) is 57.2 Å². The Kier molecular flexibility index (Phi) is 4.84. The van der Waals surface area contributed by atoms with Gasteiger partial charge in [0.05, 0.1) is 0 Å². The maximum Gasteiger partial charge on any atom is 0.251 e. The first-order valence-electron chi connectivity index (χ1n) is 6.11. The van der Waals surface area contributed by atoms with Gasteiger partial charge in [-0.1, -0.05) is 6.07 Å². The second-order valence-electron chi connectivity index (χ2n) is 4.34. The second-order valence-corrected chi connectivity index (χ2v) is 5.58. The van der Waals surface area contributed by atoms with E-state index in [4.69, 9.17) is 0 Å². The Hall–Kier alpha value is -1.76. The Balaban J connectivity index is 1.87. The Morgan fingerprint density at radius 2 is 1.75 bits per heavy atom. The van der Waals surface area contributed by atoms with Gasteiger partial charge in [0.25, 0.3) is 5.91 Å². The third-order valence-electron chi connectivity index (χ3n) is 2.85. The van der Waals surface area contributed by atoms with Crippen molar-refractivity contribution in [2.24, 2.45) is 0 Å². The monoisotopic (exact) mass is 381 g/mol. The number of phenolic OH excluding ortho intramolecular Hbond substituents is 2. The molecule has 0 fully saturated rings. The van der Waals surface area contributed by atoms with Gasteiger partial charge in [-0.05, 0) is 71.0 Å². The van der Waals surface area contributed by atoms with Crippen molar-refractivity contribution in [2.45, 2.75) is 6.42 Å². The molecule has 5 heteroatoms. The molecule has 0 heterocycles. The summed E-state index contributed by atoms with van der Waals surface area (Å²) in [7, 11) is 0. The summed E-state index contributed by atoms with van der Waals surface area (Å²) in [6.45, 7) is 0.467. The van der Waals surface area contributed by atoms with E-state index in [0.29, 0.717) is 18.5 Å². The first-order valence-corrected chi connectivity index (χ1v) is 7.19. The molecule has 1 amide bonds. The summed E-state index contributed by atoms with van der Waals surface area (Å²) >= 11 is 2.19. The van der Waals surface area contributed by atoms with Crippen LogP contribution < -0.4 is 5.32 Å². The van der Waals surface area contributed by atoms with Crippen molar-refractivity contribution < 1.29 is 15.0 Å². The number of halogens is 1. The molecule has 0 bridgehead atoms. The van der Waals surface area contributed by atoms with Gasteiger partial charge in [0.2, 0.25) is 0 Å². The number of nitrogens with one attached hydrogen (secondary N) is 1. The first kappa shape index (κ1) is 14.6. The summed E-state index contributed by atoms with van der Waals surface area (Å²) in [5, 5.41) is 21.4. The van der Waals surface area contributed by atoms with Gasteiger partial charge in [0.15, 0.2) is 11.5 Å². The van der Waals surface area contributed by atoms with E-state index in [-0.39, 0.29) is 17.4 Å². The second kappa shape index (κ2) is 6.60. The Bertz CT molecular complexity index is 611. The molecule has 0 aromatic heterocycles. The summed E-state index contributed by atoms with van der Waals surface area (Å²) in [4.78, 5) is 11.9. The normalized spacial score (nSPS) is 10.2. The van der Waals surface area contributed by atoms with Gasteiger partial charge in [0.1, 0.15) is 0 Å². The first-order chi connectivity index (χ1) is 9.56. The molecule has 3 N–H and O–H groups in total. The minimum absolute atomic E-state index is 0.121. The van der Waals surface area contributed by atoms with E-state index in [9.17, 15) is 15.0 Å². The van der Waals surface area contributed by atoms with Gasteiger partial charge in [-0.2, -0.15) is 0 Å². The van der Waals surface area contributed by atoms with Crippen molar-refractivity contribution in [1.29, 1.82) is 0 Å². The number of phenols is 2. The van der Waals surface area contributed by atoms with Crippen LogP contribution in [0.2, 0.25) is 0 Å². The van der Waals surface area contributed by atoms with Crippen LogP contribution in [-0.4, -0.2) is 22.7 Å². The van der Waals surface area contributed by atoms with E-state index in [1.165, 1.54) is 12.1 Å². The van der Waals surface area contributed by atoms with E-state index in [1.807, 2.05) is 12.1 Å². The maximum absolute atomic E-state index is 11.9. The minimum Gasteiger partial charge on any atom is -0.504 e. The Labute approximate surface area is 130 Å². The van der Waals surface area contributed by atoms with Gasteiger partial charge >= 0.3 is 0 Å². The number of aromatic hydroxyl groups is 2. The molecule has 0 spiro atoms. The van der Waals surface area contributed by atoms with Crippen LogP contribution in [-0.2, 0) is 6.42 Å². The lowest BCUT2D eigenvalue weighted by Gasteiger charge is -2.06. The van der Waals surface area contributed by atoms with Gasteiger partial charge in [-0.25, -0.2) is 0 Å². The molecular weight excluding hydrogens is 367 g/mol. The fraction of sp³-hybridized carbons (Fsp3) is 0.133. The highest BCUT2D eigenvalue weighted by atomic mass is 125. The minimum atomic E-state index is -0.147. The summed E-state index contributed by atoms with van der Waals surface area (Å²) in [5.74, 6) is -0.410.